The van der Waals surface area contributed by atoms with Crippen LogP contribution in [-0.2, 0) is 4.79 Å². The highest BCUT2D eigenvalue weighted by Crippen LogP contribution is 2.24. The third kappa shape index (κ3) is 5.19. The lowest BCUT2D eigenvalue weighted by atomic mass is 10.0. The highest BCUT2D eigenvalue weighted by molar-refractivity contribution is 6.31. The maximum atomic E-state index is 13.0. The van der Waals surface area contributed by atoms with E-state index in [4.69, 9.17) is 11.6 Å². The second-order valence-electron chi connectivity index (χ2n) is 7.74. The van der Waals surface area contributed by atoms with Crippen LogP contribution >= 0.6 is 11.6 Å². The third-order valence-corrected chi connectivity index (χ3v) is 5.37. The lowest BCUT2D eigenvalue weighted by Gasteiger charge is -2.23. The van der Waals surface area contributed by atoms with Crippen molar-refractivity contribution in [2.45, 2.75) is 32.7 Å². The van der Waals surface area contributed by atoms with Crippen LogP contribution in [0.25, 0.3) is 0 Å². The van der Waals surface area contributed by atoms with Crippen LogP contribution in [0.2, 0.25) is 5.02 Å². The van der Waals surface area contributed by atoms with E-state index in [9.17, 15) is 14.4 Å². The first-order valence-electron chi connectivity index (χ1n) is 10.1. The molecule has 2 aromatic rings. The Labute approximate surface area is 181 Å². The smallest absolute Gasteiger partial charge is 0.256 e. The molecule has 0 spiro atoms. The predicted octanol–water partition coefficient (Wildman–Crippen LogP) is 3.97. The third-order valence-electron chi connectivity index (χ3n) is 5.13. The van der Waals surface area contributed by atoms with Crippen molar-refractivity contribution >= 4 is 35.0 Å². The number of benzene rings is 2. The Morgan fingerprint density at radius 3 is 2.30 bits per heavy atom. The Balaban J connectivity index is 1.79. The van der Waals surface area contributed by atoms with Crippen LogP contribution < -0.4 is 10.6 Å². The number of halogens is 1. The number of likely N-dealkylation sites (tertiary alicyclic amines) is 1. The molecule has 7 heteroatoms. The highest BCUT2D eigenvalue weighted by atomic mass is 35.5. The van der Waals surface area contributed by atoms with Crippen molar-refractivity contribution < 1.29 is 14.4 Å². The van der Waals surface area contributed by atoms with E-state index in [1.54, 1.807) is 47.4 Å². The summed E-state index contributed by atoms with van der Waals surface area (Å²) in [5, 5.41) is 6.04. The Morgan fingerprint density at radius 1 is 1.00 bits per heavy atom. The van der Waals surface area contributed by atoms with Gasteiger partial charge in [-0.1, -0.05) is 43.6 Å². The van der Waals surface area contributed by atoms with Crippen molar-refractivity contribution in [2.75, 3.05) is 18.4 Å². The van der Waals surface area contributed by atoms with Crippen LogP contribution in [0, 0.1) is 5.92 Å². The molecule has 2 N–H and O–H groups in total. The van der Waals surface area contributed by atoms with E-state index in [0.717, 1.165) is 12.8 Å². The predicted molar refractivity (Wildman–Crippen MR) is 118 cm³/mol. The number of nitrogens with zero attached hydrogens (tertiary/aromatic N) is 1. The maximum absolute atomic E-state index is 13.0. The number of carbonyl (C=O) groups excluding carboxylic acids is 3. The second-order valence-corrected chi connectivity index (χ2v) is 8.18. The summed E-state index contributed by atoms with van der Waals surface area (Å²) in [5.41, 5.74) is 1.22. The van der Waals surface area contributed by atoms with E-state index in [-0.39, 0.29) is 23.6 Å². The SMILES string of the molecule is CC(C)C(NC(=O)c1ccccc1)C(=O)Nc1ccc(Cl)cc1C(=O)N1CCCC1. The van der Waals surface area contributed by atoms with Gasteiger partial charge in [-0.3, -0.25) is 14.4 Å². The number of carbonyl (C=O) groups is 3. The van der Waals surface area contributed by atoms with Gasteiger partial charge in [-0.15, -0.1) is 0 Å². The number of rotatable bonds is 6. The molecule has 0 aliphatic carbocycles. The van der Waals surface area contributed by atoms with Crippen LogP contribution in [-0.4, -0.2) is 41.8 Å². The molecule has 3 rings (SSSR count). The molecule has 158 valence electrons. The van der Waals surface area contributed by atoms with Crippen LogP contribution in [0.3, 0.4) is 0 Å². The molecule has 1 unspecified atom stereocenters. The largest absolute Gasteiger partial charge is 0.340 e. The monoisotopic (exact) mass is 427 g/mol. The number of nitrogens with one attached hydrogen (secondary N) is 2. The molecule has 1 fully saturated rings. The van der Waals surface area contributed by atoms with Gasteiger partial charge >= 0.3 is 0 Å². The topological polar surface area (TPSA) is 78.5 Å². The van der Waals surface area contributed by atoms with Crippen molar-refractivity contribution in [1.29, 1.82) is 0 Å². The van der Waals surface area contributed by atoms with Crippen LogP contribution in [0.1, 0.15) is 47.4 Å². The standard InChI is InChI=1S/C23H26ClN3O3/c1-15(2)20(26-21(28)16-8-4-3-5-9-16)22(29)25-19-11-10-17(24)14-18(19)23(30)27-12-6-7-13-27/h3-5,8-11,14-15,20H,6-7,12-13H2,1-2H3,(H,25,29)(H,26,28). The minimum Gasteiger partial charge on any atom is -0.340 e. The lowest BCUT2D eigenvalue weighted by Crippen LogP contribution is -2.47. The minimum atomic E-state index is -0.761. The molecule has 1 atom stereocenters. The van der Waals surface area contributed by atoms with Crippen molar-refractivity contribution in [1.82, 2.24) is 10.2 Å². The summed E-state index contributed by atoms with van der Waals surface area (Å²) in [4.78, 5) is 40.2. The van der Waals surface area contributed by atoms with Gasteiger partial charge in [0, 0.05) is 23.7 Å². The first-order chi connectivity index (χ1) is 14.4. The van der Waals surface area contributed by atoms with Crippen LogP contribution in [0.4, 0.5) is 5.69 Å². The second kappa shape index (κ2) is 9.76. The summed E-state index contributed by atoms with van der Waals surface area (Å²) >= 11 is 6.11. The van der Waals surface area contributed by atoms with E-state index in [1.165, 1.54) is 0 Å². The molecular weight excluding hydrogens is 402 g/mol. The van der Waals surface area contributed by atoms with E-state index in [0.29, 0.717) is 34.9 Å². The Morgan fingerprint density at radius 2 is 1.67 bits per heavy atom. The van der Waals surface area contributed by atoms with Gasteiger partial charge in [-0.2, -0.15) is 0 Å². The van der Waals surface area contributed by atoms with Crippen molar-refractivity contribution in [3.63, 3.8) is 0 Å². The van der Waals surface area contributed by atoms with Crippen molar-refractivity contribution in [3.8, 4) is 0 Å². The van der Waals surface area contributed by atoms with Gasteiger partial charge in [0.2, 0.25) is 5.91 Å². The van der Waals surface area contributed by atoms with Gasteiger partial charge in [0.1, 0.15) is 6.04 Å². The van der Waals surface area contributed by atoms with Crippen molar-refractivity contribution in [2.24, 2.45) is 5.92 Å². The van der Waals surface area contributed by atoms with Crippen LogP contribution in [0.5, 0.6) is 0 Å². The average molecular weight is 428 g/mol. The molecule has 1 aliphatic heterocycles. The zero-order valence-corrected chi connectivity index (χ0v) is 17.9. The fourth-order valence-electron chi connectivity index (χ4n) is 3.45. The summed E-state index contributed by atoms with van der Waals surface area (Å²) in [5.74, 6) is -1.01. The van der Waals surface area contributed by atoms with Crippen molar-refractivity contribution in [3.05, 3.63) is 64.7 Å². The highest BCUT2D eigenvalue weighted by Gasteiger charge is 2.27. The summed E-state index contributed by atoms with van der Waals surface area (Å²) in [6.45, 7) is 5.10. The first-order valence-corrected chi connectivity index (χ1v) is 10.5. The van der Waals surface area contributed by atoms with Gasteiger partial charge in [-0.05, 0) is 49.1 Å². The molecule has 6 nitrogen and oxygen atoms in total. The average Bonchev–Trinajstić information content (AvgIpc) is 3.27. The molecule has 3 amide bonds. The molecule has 30 heavy (non-hydrogen) atoms. The van der Waals surface area contributed by atoms with Gasteiger partial charge in [0.15, 0.2) is 0 Å². The zero-order valence-electron chi connectivity index (χ0n) is 17.2. The Bertz CT molecular complexity index is 925. The van der Waals surface area contributed by atoms with Gasteiger partial charge in [-0.25, -0.2) is 0 Å². The first kappa shape index (κ1) is 21.8. The van der Waals surface area contributed by atoms with Gasteiger partial charge < -0.3 is 15.5 Å². The molecule has 1 saturated heterocycles. The molecule has 0 bridgehead atoms. The van der Waals surface area contributed by atoms with E-state index < -0.39 is 6.04 Å². The molecule has 0 aromatic heterocycles. The molecular formula is C23H26ClN3O3. The van der Waals surface area contributed by atoms with Crippen LogP contribution in [0.15, 0.2) is 48.5 Å². The van der Waals surface area contributed by atoms with E-state index >= 15 is 0 Å². The Kier molecular flexibility index (Phi) is 7.11. The molecule has 1 heterocycles. The zero-order chi connectivity index (χ0) is 21.7. The molecule has 2 aromatic carbocycles. The number of hydrogen-bond acceptors (Lipinski definition) is 3. The summed E-state index contributed by atoms with van der Waals surface area (Å²) in [6, 6.07) is 12.8. The fourth-order valence-corrected chi connectivity index (χ4v) is 3.62. The maximum Gasteiger partial charge on any atom is 0.256 e. The number of hydrogen-bond donors (Lipinski definition) is 2. The Hall–Kier alpha value is -2.86. The summed E-state index contributed by atoms with van der Waals surface area (Å²) in [6.07, 6.45) is 1.93. The quantitative estimate of drug-likeness (QED) is 0.732. The summed E-state index contributed by atoms with van der Waals surface area (Å²) < 4.78 is 0. The molecule has 1 aliphatic rings. The number of amides is 3. The lowest BCUT2D eigenvalue weighted by molar-refractivity contribution is -0.118. The fraction of sp³-hybridized carbons (Fsp3) is 0.348. The summed E-state index contributed by atoms with van der Waals surface area (Å²) in [7, 11) is 0. The molecule has 0 radical (unpaired) electrons. The van der Waals surface area contributed by atoms with E-state index in [2.05, 4.69) is 10.6 Å². The minimum absolute atomic E-state index is 0.150. The van der Waals surface area contributed by atoms with Gasteiger partial charge in [0.25, 0.3) is 11.8 Å². The van der Waals surface area contributed by atoms with Gasteiger partial charge in [0.05, 0.1) is 11.3 Å². The molecule has 0 saturated carbocycles. The number of anilines is 1. The normalized spacial score (nSPS) is 14.5. The van der Waals surface area contributed by atoms with E-state index in [1.807, 2.05) is 19.9 Å².